The molecule has 0 unspecified atom stereocenters. The number of hydrogen-bond acceptors (Lipinski definition) is 3. The van der Waals surface area contributed by atoms with Crippen LogP contribution >= 0.6 is 11.6 Å². The molecule has 0 aliphatic carbocycles. The van der Waals surface area contributed by atoms with Crippen LogP contribution in [0.15, 0.2) is 18.3 Å². The molecule has 8 heteroatoms. The number of carbonyl (C=O) groups excluding carboxylic acids is 1. The van der Waals surface area contributed by atoms with Gasteiger partial charge in [-0.3, -0.25) is 9.48 Å². The van der Waals surface area contributed by atoms with Gasteiger partial charge in [0.2, 0.25) is 5.91 Å². The fourth-order valence-electron chi connectivity index (χ4n) is 2.40. The number of anilines is 1. The zero-order chi connectivity index (χ0) is 15.9. The van der Waals surface area contributed by atoms with Gasteiger partial charge in [0, 0.05) is 30.9 Å². The minimum absolute atomic E-state index is 0.00968. The fourth-order valence-corrected chi connectivity index (χ4v) is 2.63. The summed E-state index contributed by atoms with van der Waals surface area (Å²) in [6, 6.07) is 1.81. The second-order valence-electron chi connectivity index (χ2n) is 4.93. The van der Waals surface area contributed by atoms with E-state index in [0.717, 1.165) is 12.1 Å². The molecule has 3 rings (SSSR count). The summed E-state index contributed by atoms with van der Waals surface area (Å²) in [5, 5.41) is 4.18. The van der Waals surface area contributed by atoms with Gasteiger partial charge < -0.3 is 9.64 Å². The first-order valence-electron chi connectivity index (χ1n) is 6.56. The molecule has 0 fully saturated rings. The quantitative estimate of drug-likeness (QED) is 0.850. The number of halogens is 3. The second kappa shape index (κ2) is 5.57. The Labute approximate surface area is 130 Å². The lowest BCUT2D eigenvalue weighted by molar-refractivity contribution is -0.118. The van der Waals surface area contributed by atoms with Crippen LogP contribution in [0.3, 0.4) is 0 Å². The summed E-state index contributed by atoms with van der Waals surface area (Å²) in [5.74, 6) is -2.03. The Bertz CT molecular complexity index is 748. The summed E-state index contributed by atoms with van der Waals surface area (Å²) < 4.78 is 33.8. The van der Waals surface area contributed by atoms with Gasteiger partial charge in [0.15, 0.2) is 16.7 Å². The van der Waals surface area contributed by atoms with Gasteiger partial charge in [-0.25, -0.2) is 8.78 Å². The highest BCUT2D eigenvalue weighted by atomic mass is 35.5. The van der Waals surface area contributed by atoms with Gasteiger partial charge in [-0.15, -0.1) is 0 Å². The largest absolute Gasteiger partial charge is 0.486 e. The Kier molecular flexibility index (Phi) is 3.74. The van der Waals surface area contributed by atoms with Crippen molar-refractivity contribution in [3.05, 3.63) is 40.7 Å². The summed E-state index contributed by atoms with van der Waals surface area (Å²) in [6.45, 7) is 0.356. The highest BCUT2D eigenvalue weighted by Crippen LogP contribution is 2.35. The third-order valence-corrected chi connectivity index (χ3v) is 3.66. The van der Waals surface area contributed by atoms with E-state index in [1.54, 1.807) is 13.2 Å². The van der Waals surface area contributed by atoms with Gasteiger partial charge in [0.1, 0.15) is 12.4 Å². The van der Waals surface area contributed by atoms with Crippen LogP contribution in [0.5, 0.6) is 5.75 Å². The van der Waals surface area contributed by atoms with Crippen molar-refractivity contribution in [2.75, 3.05) is 18.1 Å². The highest BCUT2D eigenvalue weighted by Gasteiger charge is 2.27. The predicted octanol–water partition coefficient (Wildman–Crippen LogP) is 2.32. The van der Waals surface area contributed by atoms with Crippen molar-refractivity contribution < 1.29 is 18.3 Å². The van der Waals surface area contributed by atoms with E-state index in [0.29, 0.717) is 5.56 Å². The number of ether oxygens (including phenoxy) is 1. The topological polar surface area (TPSA) is 47.4 Å². The molecule has 5 nitrogen and oxygen atoms in total. The number of fused-ring (bicyclic) bond motifs is 1. The van der Waals surface area contributed by atoms with Crippen molar-refractivity contribution in [2.45, 2.75) is 6.42 Å². The maximum atomic E-state index is 13.7. The first kappa shape index (κ1) is 14.8. The lowest BCUT2D eigenvalue weighted by Crippen LogP contribution is -2.39. The monoisotopic (exact) mass is 327 g/mol. The zero-order valence-corrected chi connectivity index (χ0v) is 12.4. The third kappa shape index (κ3) is 2.64. The van der Waals surface area contributed by atoms with Gasteiger partial charge in [-0.05, 0) is 0 Å². The molecule has 0 radical (unpaired) electrons. The minimum atomic E-state index is -0.827. The van der Waals surface area contributed by atoms with Crippen molar-refractivity contribution in [2.24, 2.45) is 7.05 Å². The van der Waals surface area contributed by atoms with Crippen LogP contribution in [0.4, 0.5) is 14.5 Å². The van der Waals surface area contributed by atoms with E-state index in [2.05, 4.69) is 5.10 Å². The molecule has 1 aromatic carbocycles. The van der Waals surface area contributed by atoms with Crippen LogP contribution in [-0.2, 0) is 18.3 Å². The van der Waals surface area contributed by atoms with Gasteiger partial charge in [-0.2, -0.15) is 5.10 Å². The lowest BCUT2D eigenvalue weighted by Gasteiger charge is -2.29. The van der Waals surface area contributed by atoms with E-state index in [1.807, 2.05) is 0 Å². The molecule has 0 atom stereocenters. The Hall–Kier alpha value is -2.15. The van der Waals surface area contributed by atoms with E-state index in [9.17, 15) is 13.6 Å². The van der Waals surface area contributed by atoms with Crippen LogP contribution in [0.25, 0.3) is 0 Å². The molecule has 0 N–H and O–H groups in total. The number of hydrogen-bond donors (Lipinski definition) is 0. The Morgan fingerprint density at radius 1 is 1.45 bits per heavy atom. The average molecular weight is 328 g/mol. The summed E-state index contributed by atoms with van der Waals surface area (Å²) in [6.07, 6.45) is 1.62. The number of aryl methyl sites for hydroxylation is 1. The van der Waals surface area contributed by atoms with Crippen LogP contribution in [0.2, 0.25) is 5.15 Å². The maximum absolute atomic E-state index is 13.7. The molecule has 22 heavy (non-hydrogen) atoms. The third-order valence-electron chi connectivity index (χ3n) is 3.34. The average Bonchev–Trinajstić information content (AvgIpc) is 2.76. The van der Waals surface area contributed by atoms with Crippen LogP contribution in [0, 0.1) is 11.6 Å². The maximum Gasteiger partial charge on any atom is 0.231 e. The Morgan fingerprint density at radius 2 is 2.23 bits per heavy atom. The van der Waals surface area contributed by atoms with Gasteiger partial charge in [0.05, 0.1) is 18.7 Å². The Balaban J connectivity index is 1.90. The van der Waals surface area contributed by atoms with Gasteiger partial charge in [0.25, 0.3) is 0 Å². The van der Waals surface area contributed by atoms with Crippen LogP contribution < -0.4 is 9.64 Å². The molecule has 1 aromatic heterocycles. The Morgan fingerprint density at radius 3 is 2.91 bits per heavy atom. The van der Waals surface area contributed by atoms with E-state index >= 15 is 0 Å². The molecule has 1 amide bonds. The van der Waals surface area contributed by atoms with Crippen molar-refractivity contribution in [3.8, 4) is 5.75 Å². The number of rotatable bonds is 2. The first-order valence-corrected chi connectivity index (χ1v) is 6.93. The summed E-state index contributed by atoms with van der Waals surface area (Å²) in [7, 11) is 1.69. The standard InChI is InChI=1S/C14H12ClF2N3O2/c1-19-7-8(14(15)18-19)4-12(21)20-2-3-22-13-10(17)5-9(16)6-11(13)20/h5-7H,2-4H2,1H3. The van der Waals surface area contributed by atoms with Crippen LogP contribution in [-0.4, -0.2) is 28.8 Å². The molecular weight excluding hydrogens is 316 g/mol. The summed E-state index contributed by atoms with van der Waals surface area (Å²) >= 11 is 5.93. The molecule has 0 bridgehead atoms. The molecular formula is C14H12ClF2N3O2. The van der Waals surface area contributed by atoms with E-state index in [1.165, 1.54) is 9.58 Å². The van der Waals surface area contributed by atoms with Crippen molar-refractivity contribution in [3.63, 3.8) is 0 Å². The van der Waals surface area contributed by atoms with Crippen molar-refractivity contribution in [1.82, 2.24) is 9.78 Å². The molecule has 2 heterocycles. The molecule has 0 saturated carbocycles. The van der Waals surface area contributed by atoms with Gasteiger partial charge >= 0.3 is 0 Å². The summed E-state index contributed by atoms with van der Waals surface area (Å²) in [5.41, 5.74) is 0.646. The predicted molar refractivity (Wildman–Crippen MR) is 76.1 cm³/mol. The molecule has 2 aromatic rings. The molecule has 0 spiro atoms. The lowest BCUT2D eigenvalue weighted by atomic mass is 10.1. The number of amides is 1. The van der Waals surface area contributed by atoms with Crippen molar-refractivity contribution >= 4 is 23.2 Å². The van der Waals surface area contributed by atoms with E-state index < -0.39 is 11.6 Å². The normalized spacial score (nSPS) is 13.7. The number of carbonyl (C=O) groups is 1. The number of nitrogens with zero attached hydrogens (tertiary/aromatic N) is 3. The minimum Gasteiger partial charge on any atom is -0.486 e. The fraction of sp³-hybridized carbons (Fsp3) is 0.286. The van der Waals surface area contributed by atoms with Crippen LogP contribution in [0.1, 0.15) is 5.56 Å². The molecule has 116 valence electrons. The SMILES string of the molecule is Cn1cc(CC(=O)N2CCOc3c(F)cc(F)cc32)c(Cl)n1. The summed E-state index contributed by atoms with van der Waals surface area (Å²) in [4.78, 5) is 13.7. The smallest absolute Gasteiger partial charge is 0.231 e. The molecule has 1 aliphatic rings. The van der Waals surface area contributed by atoms with Crippen molar-refractivity contribution in [1.29, 1.82) is 0 Å². The second-order valence-corrected chi connectivity index (χ2v) is 5.28. The van der Waals surface area contributed by atoms with Gasteiger partial charge in [-0.1, -0.05) is 11.6 Å². The zero-order valence-electron chi connectivity index (χ0n) is 11.6. The first-order chi connectivity index (χ1) is 10.5. The molecule has 0 saturated heterocycles. The van der Waals surface area contributed by atoms with E-state index in [-0.39, 0.29) is 42.1 Å². The molecule has 1 aliphatic heterocycles. The highest BCUT2D eigenvalue weighted by molar-refractivity contribution is 6.30. The van der Waals surface area contributed by atoms with E-state index in [4.69, 9.17) is 16.3 Å². The number of benzene rings is 1. The number of aromatic nitrogens is 2.